The zero-order valence-electron chi connectivity index (χ0n) is 8.82. The number of rotatable bonds is 2. The van der Waals surface area contributed by atoms with Gasteiger partial charge in [0.1, 0.15) is 0 Å². The van der Waals surface area contributed by atoms with Crippen molar-refractivity contribution in [2.45, 2.75) is 6.42 Å². The molecule has 76 valence electrons. The lowest BCUT2D eigenvalue weighted by molar-refractivity contribution is 0.354. The van der Waals surface area contributed by atoms with Gasteiger partial charge in [-0.1, -0.05) is 0 Å². The van der Waals surface area contributed by atoms with E-state index < -0.39 is 0 Å². The summed E-state index contributed by atoms with van der Waals surface area (Å²) in [5.74, 6) is 1.38. The van der Waals surface area contributed by atoms with Crippen LogP contribution in [0.1, 0.15) is 6.42 Å². The molecule has 0 aromatic carbocycles. The summed E-state index contributed by atoms with van der Waals surface area (Å²) >= 11 is 0. The molecule has 2 N–H and O–H groups in total. The standard InChI is InChI=1S/C9H20N4/c1-11-9(10)13(3)7-8-4-5-12(2)6-8/h8H,4-7H2,1-3H3,(H2,10,11). The molecule has 0 spiro atoms. The first-order valence-electron chi connectivity index (χ1n) is 4.75. The summed E-state index contributed by atoms with van der Waals surface area (Å²) in [6.07, 6.45) is 1.28. The average molecular weight is 184 g/mol. The molecule has 1 rings (SSSR count). The molecular formula is C9H20N4. The highest BCUT2D eigenvalue weighted by atomic mass is 15.2. The Hall–Kier alpha value is -0.770. The first-order chi connectivity index (χ1) is 6.13. The van der Waals surface area contributed by atoms with Gasteiger partial charge in [0.15, 0.2) is 5.96 Å². The maximum absolute atomic E-state index is 5.69. The van der Waals surface area contributed by atoms with Gasteiger partial charge in [-0.3, -0.25) is 4.99 Å². The van der Waals surface area contributed by atoms with Crippen LogP contribution < -0.4 is 5.73 Å². The number of nitrogens with zero attached hydrogens (tertiary/aromatic N) is 3. The molecule has 0 saturated carbocycles. The van der Waals surface area contributed by atoms with E-state index in [0.717, 1.165) is 12.5 Å². The van der Waals surface area contributed by atoms with Crippen molar-refractivity contribution in [1.82, 2.24) is 9.80 Å². The number of likely N-dealkylation sites (tertiary alicyclic amines) is 1. The zero-order valence-corrected chi connectivity index (χ0v) is 8.82. The highest BCUT2D eigenvalue weighted by Crippen LogP contribution is 2.14. The van der Waals surface area contributed by atoms with Crippen molar-refractivity contribution >= 4 is 5.96 Å². The van der Waals surface area contributed by atoms with Gasteiger partial charge >= 0.3 is 0 Å². The van der Waals surface area contributed by atoms with Crippen molar-refractivity contribution in [3.8, 4) is 0 Å². The number of nitrogens with two attached hydrogens (primary N) is 1. The predicted molar refractivity (Wildman–Crippen MR) is 55.8 cm³/mol. The van der Waals surface area contributed by atoms with Gasteiger partial charge in [-0.05, 0) is 25.9 Å². The van der Waals surface area contributed by atoms with Gasteiger partial charge in [0.2, 0.25) is 0 Å². The zero-order chi connectivity index (χ0) is 9.84. The van der Waals surface area contributed by atoms with Crippen LogP contribution in [0.5, 0.6) is 0 Å². The molecule has 1 aliphatic rings. The molecule has 1 fully saturated rings. The maximum atomic E-state index is 5.69. The van der Waals surface area contributed by atoms with Gasteiger partial charge < -0.3 is 15.5 Å². The molecule has 0 bridgehead atoms. The average Bonchev–Trinajstić information content (AvgIpc) is 2.49. The summed E-state index contributed by atoms with van der Waals surface area (Å²) in [5.41, 5.74) is 5.69. The Balaban J connectivity index is 2.32. The fourth-order valence-electron chi connectivity index (χ4n) is 1.83. The van der Waals surface area contributed by atoms with E-state index in [2.05, 4.69) is 16.9 Å². The number of guanidine groups is 1. The fraction of sp³-hybridized carbons (Fsp3) is 0.889. The lowest BCUT2D eigenvalue weighted by atomic mass is 10.1. The third-order valence-electron chi connectivity index (χ3n) is 2.64. The Morgan fingerprint density at radius 1 is 1.69 bits per heavy atom. The SMILES string of the molecule is CN=C(N)N(C)CC1CCN(C)C1. The second-order valence-electron chi connectivity index (χ2n) is 3.88. The van der Waals surface area contributed by atoms with Crippen molar-refractivity contribution in [3.63, 3.8) is 0 Å². The minimum absolute atomic E-state index is 0.634. The van der Waals surface area contributed by atoms with E-state index in [-0.39, 0.29) is 0 Å². The number of hydrogen-bond acceptors (Lipinski definition) is 2. The largest absolute Gasteiger partial charge is 0.370 e. The normalized spacial score (nSPS) is 25.2. The topological polar surface area (TPSA) is 44.9 Å². The molecule has 1 unspecified atom stereocenters. The highest BCUT2D eigenvalue weighted by Gasteiger charge is 2.20. The van der Waals surface area contributed by atoms with Crippen LogP contribution in [0.25, 0.3) is 0 Å². The van der Waals surface area contributed by atoms with Crippen LogP contribution in [-0.2, 0) is 0 Å². The minimum atomic E-state index is 0.634. The van der Waals surface area contributed by atoms with Crippen molar-refractivity contribution in [2.24, 2.45) is 16.6 Å². The summed E-state index contributed by atoms with van der Waals surface area (Å²) in [4.78, 5) is 8.35. The van der Waals surface area contributed by atoms with Gasteiger partial charge in [0.25, 0.3) is 0 Å². The molecule has 1 heterocycles. The predicted octanol–water partition coefficient (Wildman–Crippen LogP) is -0.186. The van der Waals surface area contributed by atoms with E-state index in [1.54, 1.807) is 7.05 Å². The molecule has 1 saturated heterocycles. The molecule has 1 atom stereocenters. The lowest BCUT2D eigenvalue weighted by Crippen LogP contribution is -2.37. The van der Waals surface area contributed by atoms with E-state index in [1.807, 2.05) is 11.9 Å². The van der Waals surface area contributed by atoms with Gasteiger partial charge in [-0.15, -0.1) is 0 Å². The van der Waals surface area contributed by atoms with Crippen LogP contribution in [0.3, 0.4) is 0 Å². The summed E-state index contributed by atoms with van der Waals surface area (Å²) in [6.45, 7) is 3.41. The second-order valence-corrected chi connectivity index (χ2v) is 3.88. The van der Waals surface area contributed by atoms with E-state index in [1.165, 1.54) is 19.5 Å². The molecule has 0 amide bonds. The Morgan fingerprint density at radius 2 is 2.38 bits per heavy atom. The Bertz CT molecular complexity index is 190. The van der Waals surface area contributed by atoms with Crippen LogP contribution in [-0.4, -0.2) is 56.5 Å². The summed E-state index contributed by atoms with van der Waals surface area (Å²) in [6, 6.07) is 0. The van der Waals surface area contributed by atoms with Crippen LogP contribution >= 0.6 is 0 Å². The molecule has 0 aromatic heterocycles. The van der Waals surface area contributed by atoms with E-state index in [4.69, 9.17) is 5.73 Å². The van der Waals surface area contributed by atoms with Gasteiger partial charge in [0, 0.05) is 27.2 Å². The summed E-state index contributed by atoms with van der Waals surface area (Å²) < 4.78 is 0. The van der Waals surface area contributed by atoms with Crippen molar-refractivity contribution in [1.29, 1.82) is 0 Å². The summed E-state index contributed by atoms with van der Waals surface area (Å²) in [5, 5.41) is 0. The van der Waals surface area contributed by atoms with Crippen molar-refractivity contribution < 1.29 is 0 Å². The first kappa shape index (κ1) is 10.3. The lowest BCUT2D eigenvalue weighted by Gasteiger charge is -2.21. The maximum Gasteiger partial charge on any atom is 0.190 e. The Kier molecular flexibility index (Phi) is 3.54. The summed E-state index contributed by atoms with van der Waals surface area (Å²) in [7, 11) is 5.89. The minimum Gasteiger partial charge on any atom is -0.370 e. The molecule has 0 aromatic rings. The molecule has 4 nitrogen and oxygen atoms in total. The quantitative estimate of drug-likeness (QED) is 0.478. The molecule has 0 radical (unpaired) electrons. The molecule has 0 aliphatic carbocycles. The monoisotopic (exact) mass is 184 g/mol. The smallest absolute Gasteiger partial charge is 0.190 e. The fourth-order valence-corrected chi connectivity index (χ4v) is 1.83. The molecular weight excluding hydrogens is 164 g/mol. The molecule has 1 aliphatic heterocycles. The van der Waals surface area contributed by atoms with Crippen molar-refractivity contribution in [2.75, 3.05) is 40.8 Å². The van der Waals surface area contributed by atoms with Crippen LogP contribution in [0.4, 0.5) is 0 Å². The van der Waals surface area contributed by atoms with Gasteiger partial charge in [-0.2, -0.15) is 0 Å². The third kappa shape index (κ3) is 2.88. The number of aliphatic imine (C=N–C) groups is 1. The second kappa shape index (κ2) is 4.46. The first-order valence-corrected chi connectivity index (χ1v) is 4.75. The van der Waals surface area contributed by atoms with E-state index in [9.17, 15) is 0 Å². The highest BCUT2D eigenvalue weighted by molar-refractivity contribution is 5.77. The van der Waals surface area contributed by atoms with E-state index in [0.29, 0.717) is 5.96 Å². The third-order valence-corrected chi connectivity index (χ3v) is 2.64. The Morgan fingerprint density at radius 3 is 2.85 bits per heavy atom. The molecule has 4 heteroatoms. The van der Waals surface area contributed by atoms with E-state index >= 15 is 0 Å². The molecule has 13 heavy (non-hydrogen) atoms. The van der Waals surface area contributed by atoms with Crippen LogP contribution in [0.15, 0.2) is 4.99 Å². The van der Waals surface area contributed by atoms with Crippen LogP contribution in [0, 0.1) is 5.92 Å². The van der Waals surface area contributed by atoms with Crippen molar-refractivity contribution in [3.05, 3.63) is 0 Å². The van der Waals surface area contributed by atoms with Gasteiger partial charge in [0.05, 0.1) is 0 Å². The number of hydrogen-bond donors (Lipinski definition) is 1. The van der Waals surface area contributed by atoms with Crippen LogP contribution in [0.2, 0.25) is 0 Å². The van der Waals surface area contributed by atoms with Gasteiger partial charge in [-0.25, -0.2) is 0 Å². The Labute approximate surface area is 80.4 Å².